The number of rotatable bonds is 31. The zero-order valence-electron chi connectivity index (χ0n) is 43.0. The topological polar surface area (TPSA) is 606 Å². The van der Waals surface area contributed by atoms with Gasteiger partial charge in [0.1, 0.15) is 78.7 Å². The molecule has 37 nitrogen and oxygen atoms in total. The van der Waals surface area contributed by atoms with Crippen LogP contribution in [-0.4, -0.2) is 212 Å². The number of carbonyl (C=O) groups excluding carboxylic acids is 6. The number of carboxylic acids is 3. The van der Waals surface area contributed by atoms with Gasteiger partial charge in [0.2, 0.25) is 17.7 Å². The summed E-state index contributed by atoms with van der Waals surface area (Å²) >= 11 is 0. The maximum atomic E-state index is 14.3. The van der Waals surface area contributed by atoms with Crippen LogP contribution < -0.4 is 49.7 Å². The lowest BCUT2D eigenvalue weighted by Crippen LogP contribution is -2.68. The van der Waals surface area contributed by atoms with E-state index in [9.17, 15) is 102 Å². The number of nitrogens with one attached hydrogen (secondary N) is 5. The van der Waals surface area contributed by atoms with Gasteiger partial charge < -0.3 is 98.2 Å². The Morgan fingerprint density at radius 3 is 1.88 bits per heavy atom. The van der Waals surface area contributed by atoms with Crippen molar-refractivity contribution in [1.29, 1.82) is 0 Å². The zero-order chi connectivity index (χ0) is 61.1. The summed E-state index contributed by atoms with van der Waals surface area (Å²) in [4.78, 5) is 162. The maximum absolute atomic E-state index is 14.3. The highest BCUT2D eigenvalue weighted by molar-refractivity contribution is 7.61. The van der Waals surface area contributed by atoms with Gasteiger partial charge in [0.25, 0.3) is 11.5 Å². The number of H-pyrrole nitrogens is 1. The summed E-state index contributed by atoms with van der Waals surface area (Å²) in [7, 11) is -11.5. The number of carboxylic acid groups (broad SMARTS) is 3. The molecule has 452 valence electrons. The minimum Gasteiger partial charge on any atom is -0.480 e. The molecule has 3 heterocycles. The van der Waals surface area contributed by atoms with Gasteiger partial charge in [0, 0.05) is 31.5 Å². The second-order valence-corrected chi connectivity index (χ2v) is 21.6. The number of phosphoric ester groups is 2. The molecule has 2 aliphatic rings. The summed E-state index contributed by atoms with van der Waals surface area (Å²) in [6.45, 7) is 2.29. The number of carbonyl (C=O) groups is 9. The Bertz CT molecular complexity index is 2680. The van der Waals surface area contributed by atoms with Crippen LogP contribution in [0.4, 0.5) is 0 Å². The van der Waals surface area contributed by atoms with E-state index in [0.717, 1.165) is 46.9 Å². The normalized spacial score (nSPS) is 26.9. The zero-order valence-corrected chi connectivity index (χ0v) is 44.8. The lowest BCUT2D eigenvalue weighted by atomic mass is 9.86. The molecule has 4 amide bonds. The molecule has 3 unspecified atom stereocenters. The fourth-order valence-corrected chi connectivity index (χ4v) is 9.89. The summed E-state index contributed by atoms with van der Waals surface area (Å²) < 4.78 is 55.9. The number of amides is 4. The predicted octanol–water partition coefficient (Wildman–Crippen LogP) is -7.80. The summed E-state index contributed by atoms with van der Waals surface area (Å²) in [6, 6.07) is -9.52. The van der Waals surface area contributed by atoms with Crippen LogP contribution in [0.2, 0.25) is 0 Å². The van der Waals surface area contributed by atoms with Crippen LogP contribution in [0.5, 0.6) is 0 Å². The van der Waals surface area contributed by atoms with Gasteiger partial charge >= 0.3 is 39.2 Å². The van der Waals surface area contributed by atoms with Crippen molar-refractivity contribution in [3.63, 3.8) is 0 Å². The molecule has 39 heteroatoms. The minimum absolute atomic E-state index is 0.485. The van der Waals surface area contributed by atoms with Gasteiger partial charge in [-0.15, -0.1) is 0 Å². The Morgan fingerprint density at radius 2 is 1.35 bits per heavy atom. The van der Waals surface area contributed by atoms with E-state index >= 15 is 0 Å². The molecule has 2 aliphatic heterocycles. The Hall–Kier alpha value is -5.83. The van der Waals surface area contributed by atoms with Crippen molar-refractivity contribution in [2.75, 3.05) is 13.2 Å². The lowest BCUT2D eigenvalue weighted by molar-refractivity contribution is -0.260. The molecule has 2 saturated heterocycles. The Labute approximate surface area is 450 Å². The molecular formula is C41H65N9O28P2. The molecule has 0 aromatic carbocycles. The smallest absolute Gasteiger partial charge is 0.480 e. The van der Waals surface area contributed by atoms with Gasteiger partial charge in [0.15, 0.2) is 23.8 Å². The third kappa shape index (κ3) is 18.6. The molecule has 0 bridgehead atoms. The third-order valence-corrected chi connectivity index (χ3v) is 14.9. The molecule has 2 fully saturated rings. The predicted molar refractivity (Wildman–Crippen MR) is 259 cm³/mol. The van der Waals surface area contributed by atoms with Gasteiger partial charge in [-0.3, -0.25) is 66.5 Å². The average Bonchev–Trinajstić information content (AvgIpc) is 3.63. The van der Waals surface area contributed by atoms with Crippen LogP contribution in [0.1, 0.15) is 66.5 Å². The summed E-state index contributed by atoms with van der Waals surface area (Å²) in [5, 5.41) is 79.3. The summed E-state index contributed by atoms with van der Waals surface area (Å²) in [5.41, 5.74) is 12.6. The molecule has 0 aliphatic carbocycles. The van der Waals surface area contributed by atoms with Crippen LogP contribution in [0.15, 0.2) is 21.9 Å². The van der Waals surface area contributed by atoms with E-state index in [1.165, 1.54) is 0 Å². The number of aliphatic hydroxyl groups is 4. The monoisotopic (exact) mass is 1190 g/mol. The average molecular weight is 1190 g/mol. The second-order valence-electron chi connectivity index (χ2n) is 18.5. The number of ether oxygens (including phenoxy) is 3. The number of hydrogen-bond donors (Lipinski definition) is 17. The van der Waals surface area contributed by atoms with E-state index < -0.39 is 222 Å². The quantitative estimate of drug-likeness (QED) is 0.0243. The van der Waals surface area contributed by atoms with Gasteiger partial charge in [-0.25, -0.2) is 13.9 Å². The number of nitrogens with two attached hydrogens (primary N) is 3. The molecule has 0 saturated carbocycles. The highest BCUT2D eigenvalue weighted by atomic mass is 31.3. The molecule has 0 radical (unpaired) electrons. The Kier molecular flexibility index (Phi) is 24.6. The number of nitrogens with zero attached hydrogens (tertiary/aromatic N) is 1. The highest BCUT2D eigenvalue weighted by Gasteiger charge is 2.51. The first kappa shape index (κ1) is 68.4. The number of ketones is 2. The SMILES string of the molecule is CC(=O)N[C@](C)(C(=O)N[C@@H](CC[C@@H](C(=O)CC[C@H](N)C(=O)O)[C@H](N)C(=O)O)C(=O)N[C@H](C)C(=O)N[C@H](C)C(=O)O)C(=O)[C@H](C)O[C@@H]1[C@@H](N)[C@@H](O)O[C@H](COP(=O)(O)OP(=O)(O)OC[C@H]2OC(n3ccc(=O)[nH]c3=O)[C@H](O)[C@@H]2O)[C@H]1O. The fraction of sp³-hybridized carbons (Fsp3) is 0.683. The molecule has 80 heavy (non-hydrogen) atoms. The first-order valence-corrected chi connectivity index (χ1v) is 26.7. The number of phosphoric acid groups is 2. The van der Waals surface area contributed by atoms with Crippen molar-refractivity contribution in [3.8, 4) is 0 Å². The Morgan fingerprint density at radius 1 is 0.787 bits per heavy atom. The van der Waals surface area contributed by atoms with Crippen molar-refractivity contribution in [2.45, 2.75) is 157 Å². The van der Waals surface area contributed by atoms with Gasteiger partial charge in [-0.2, -0.15) is 4.31 Å². The first-order valence-electron chi connectivity index (χ1n) is 23.7. The minimum atomic E-state index is -5.79. The van der Waals surface area contributed by atoms with Gasteiger partial charge in [-0.05, 0) is 47.0 Å². The van der Waals surface area contributed by atoms with E-state index in [1.807, 2.05) is 4.98 Å². The molecule has 20 N–H and O–H groups in total. The molecule has 1 aromatic heterocycles. The van der Waals surface area contributed by atoms with Crippen molar-refractivity contribution in [3.05, 3.63) is 33.1 Å². The first-order chi connectivity index (χ1) is 36.8. The fourth-order valence-electron chi connectivity index (χ4n) is 7.80. The molecular weight excluding hydrogens is 1130 g/mol. The number of aliphatic carboxylic acids is 3. The highest BCUT2D eigenvalue weighted by Crippen LogP contribution is 2.60. The molecule has 0 spiro atoms. The number of hydrogen-bond acceptors (Lipinski definition) is 26. The third-order valence-electron chi connectivity index (χ3n) is 12.3. The standard InChI is InChI=1S/C41H65N9O28P2/c1-14(32(58)46-15(2)35(60)61)45-33(59)20(8-6-18(25(43)37(64)65)21(52)9-7-19(42)36(62)63)47-39(67)41(5,49-17(4)51)31(57)16(3)75-30-26(44)38(66)77-23(28(30)55)13-74-80(71,72)78-79(69,70)73-12-22-27(54)29(56)34(76-22)50-11-10-24(53)48-40(50)68/h10-11,14-16,18-20,22-23,25-30,34,38,54-56,66H,6-9,12-13,42-44H2,1-5H3,(H,45,59)(H,46,58)(H,47,67)(H,49,51)(H,60,61)(H,62,63)(H,64,65)(H,69,70)(H,71,72)(H,48,53,68)/t14-,15-,16+,18+,19+,20+,22-,23-,25+,26-,27-,28-,29-,30-,34?,38+,41+/m1/s1. The lowest BCUT2D eigenvalue weighted by Gasteiger charge is -2.42. The Balaban J connectivity index is 1.82. The van der Waals surface area contributed by atoms with Crippen LogP contribution in [0, 0.1) is 5.92 Å². The van der Waals surface area contributed by atoms with E-state index in [2.05, 4.69) is 34.6 Å². The van der Waals surface area contributed by atoms with Gasteiger partial charge in [-0.1, -0.05) is 0 Å². The van der Waals surface area contributed by atoms with E-state index in [-0.39, 0.29) is 0 Å². The summed E-state index contributed by atoms with van der Waals surface area (Å²) in [6.07, 6.45) is -19.1. The van der Waals surface area contributed by atoms with E-state index in [4.69, 9.17) is 36.5 Å². The number of aromatic nitrogens is 2. The largest absolute Gasteiger partial charge is 0.481 e. The van der Waals surface area contributed by atoms with Crippen LogP contribution in [-0.2, 0) is 79.8 Å². The van der Waals surface area contributed by atoms with Crippen molar-refractivity contribution >= 4 is 68.7 Å². The maximum Gasteiger partial charge on any atom is 0.481 e. The van der Waals surface area contributed by atoms with Crippen LogP contribution in [0.3, 0.4) is 0 Å². The number of aromatic amines is 1. The van der Waals surface area contributed by atoms with Crippen LogP contribution in [0.25, 0.3) is 0 Å². The number of aliphatic hydroxyl groups excluding tert-OH is 4. The van der Waals surface area contributed by atoms with E-state index in [1.54, 1.807) is 0 Å². The summed E-state index contributed by atoms with van der Waals surface area (Å²) in [5.74, 6) is -13.7. The van der Waals surface area contributed by atoms with E-state index in [0.29, 0.717) is 4.57 Å². The molecule has 19 atom stereocenters. The van der Waals surface area contributed by atoms with Crippen LogP contribution >= 0.6 is 15.6 Å². The van der Waals surface area contributed by atoms with Gasteiger partial charge in [0.05, 0.1) is 19.3 Å². The van der Waals surface area contributed by atoms with Crippen molar-refractivity contribution < 1.29 is 125 Å². The number of Topliss-reactive ketones (excluding diaryl/α,β-unsaturated/α-hetero) is 2. The molecule has 3 rings (SSSR count). The molecule has 1 aromatic rings. The van der Waals surface area contributed by atoms with Crippen molar-refractivity contribution in [2.24, 2.45) is 23.1 Å². The second kappa shape index (κ2) is 28.7. The van der Waals surface area contributed by atoms with Crippen molar-refractivity contribution in [1.82, 2.24) is 30.8 Å².